The van der Waals surface area contributed by atoms with Crippen LogP contribution < -0.4 is 0 Å². The third-order valence-electron chi connectivity index (χ3n) is 1.72. The van der Waals surface area contributed by atoms with E-state index >= 15 is 0 Å². The van der Waals surface area contributed by atoms with Gasteiger partial charge in [0.25, 0.3) is 0 Å². The molecule has 0 aliphatic rings. The van der Waals surface area contributed by atoms with Gasteiger partial charge in [0.1, 0.15) is 0 Å². The van der Waals surface area contributed by atoms with E-state index in [0.717, 1.165) is 17.5 Å². The Morgan fingerprint density at radius 3 is 3.00 bits per heavy atom. The lowest BCUT2D eigenvalue weighted by Gasteiger charge is -1.97. The quantitative estimate of drug-likeness (QED) is 0.725. The standard InChI is InChI=1S/C12H15BrO/c1-2-8-14-9-4-6-11-5-3-7-12(13)10-11/h3-7,10H,2,8-9H2,1H3/b6-4+. The van der Waals surface area contributed by atoms with Gasteiger partial charge in [-0.15, -0.1) is 0 Å². The number of hydrogen-bond donors (Lipinski definition) is 0. The van der Waals surface area contributed by atoms with E-state index in [4.69, 9.17) is 4.74 Å². The van der Waals surface area contributed by atoms with Crippen LogP contribution in [-0.4, -0.2) is 13.2 Å². The van der Waals surface area contributed by atoms with E-state index in [9.17, 15) is 0 Å². The summed E-state index contributed by atoms with van der Waals surface area (Å²) in [7, 11) is 0. The van der Waals surface area contributed by atoms with Gasteiger partial charge >= 0.3 is 0 Å². The monoisotopic (exact) mass is 254 g/mol. The van der Waals surface area contributed by atoms with E-state index in [1.54, 1.807) is 0 Å². The van der Waals surface area contributed by atoms with Crippen LogP contribution in [0.15, 0.2) is 34.8 Å². The van der Waals surface area contributed by atoms with Crippen molar-refractivity contribution in [2.24, 2.45) is 0 Å². The number of halogens is 1. The molecular weight excluding hydrogens is 240 g/mol. The molecule has 0 atom stereocenters. The van der Waals surface area contributed by atoms with Crippen molar-refractivity contribution in [1.29, 1.82) is 0 Å². The van der Waals surface area contributed by atoms with Gasteiger partial charge in [0.2, 0.25) is 0 Å². The highest BCUT2D eigenvalue weighted by atomic mass is 79.9. The Hall–Kier alpha value is -0.600. The maximum Gasteiger partial charge on any atom is 0.0650 e. The van der Waals surface area contributed by atoms with Gasteiger partial charge in [0.15, 0.2) is 0 Å². The largest absolute Gasteiger partial charge is 0.377 e. The second kappa shape index (κ2) is 6.80. The molecule has 0 amide bonds. The van der Waals surface area contributed by atoms with E-state index < -0.39 is 0 Å². The highest BCUT2D eigenvalue weighted by Gasteiger charge is 1.87. The molecule has 0 heterocycles. The molecule has 0 N–H and O–H groups in total. The number of ether oxygens (including phenoxy) is 1. The first-order valence-electron chi connectivity index (χ1n) is 4.83. The smallest absolute Gasteiger partial charge is 0.0650 e. The SMILES string of the molecule is CCCOC/C=C/c1cccc(Br)c1. The summed E-state index contributed by atoms with van der Waals surface area (Å²) in [5, 5.41) is 0. The fourth-order valence-electron chi connectivity index (χ4n) is 1.09. The van der Waals surface area contributed by atoms with E-state index in [0.29, 0.717) is 6.61 Å². The summed E-state index contributed by atoms with van der Waals surface area (Å²) in [4.78, 5) is 0. The van der Waals surface area contributed by atoms with Crippen molar-refractivity contribution in [2.45, 2.75) is 13.3 Å². The molecule has 1 rings (SSSR count). The van der Waals surface area contributed by atoms with Gasteiger partial charge in [-0.3, -0.25) is 0 Å². The molecule has 0 aliphatic carbocycles. The fourth-order valence-corrected chi connectivity index (χ4v) is 1.51. The summed E-state index contributed by atoms with van der Waals surface area (Å²) < 4.78 is 6.44. The van der Waals surface area contributed by atoms with Gasteiger partial charge in [-0.1, -0.05) is 47.1 Å². The molecule has 1 nitrogen and oxygen atoms in total. The average molecular weight is 255 g/mol. The van der Waals surface area contributed by atoms with E-state index in [1.807, 2.05) is 18.2 Å². The van der Waals surface area contributed by atoms with Crippen LogP contribution in [0.1, 0.15) is 18.9 Å². The molecule has 0 aliphatic heterocycles. The van der Waals surface area contributed by atoms with Crippen molar-refractivity contribution in [2.75, 3.05) is 13.2 Å². The highest BCUT2D eigenvalue weighted by Crippen LogP contribution is 2.12. The van der Waals surface area contributed by atoms with Crippen LogP contribution in [0.3, 0.4) is 0 Å². The highest BCUT2D eigenvalue weighted by molar-refractivity contribution is 9.10. The predicted molar refractivity (Wildman–Crippen MR) is 64.3 cm³/mol. The summed E-state index contributed by atoms with van der Waals surface area (Å²) in [6, 6.07) is 8.19. The van der Waals surface area contributed by atoms with E-state index in [1.165, 1.54) is 5.56 Å². The molecular formula is C12H15BrO. The first-order chi connectivity index (χ1) is 6.83. The molecule has 0 unspecified atom stereocenters. The number of benzene rings is 1. The zero-order valence-corrected chi connectivity index (χ0v) is 9.96. The minimum Gasteiger partial charge on any atom is -0.377 e. The van der Waals surface area contributed by atoms with Crippen molar-refractivity contribution in [3.8, 4) is 0 Å². The molecule has 14 heavy (non-hydrogen) atoms. The fraction of sp³-hybridized carbons (Fsp3) is 0.333. The first-order valence-corrected chi connectivity index (χ1v) is 5.62. The number of hydrogen-bond acceptors (Lipinski definition) is 1. The van der Waals surface area contributed by atoms with Crippen LogP contribution in [0, 0.1) is 0 Å². The molecule has 0 saturated carbocycles. The average Bonchev–Trinajstić information content (AvgIpc) is 2.18. The van der Waals surface area contributed by atoms with Crippen molar-refractivity contribution < 1.29 is 4.74 Å². The minimum atomic E-state index is 0.695. The van der Waals surface area contributed by atoms with Crippen molar-refractivity contribution >= 4 is 22.0 Å². The minimum absolute atomic E-state index is 0.695. The maximum atomic E-state index is 5.34. The topological polar surface area (TPSA) is 9.23 Å². The lowest BCUT2D eigenvalue weighted by Crippen LogP contribution is -1.91. The molecule has 2 heteroatoms. The Labute approximate surface area is 93.9 Å². The first kappa shape index (κ1) is 11.5. The predicted octanol–water partition coefficient (Wildman–Crippen LogP) is 3.89. The normalized spacial score (nSPS) is 11.0. The third kappa shape index (κ3) is 4.58. The Kier molecular flexibility index (Phi) is 5.57. The second-order valence-electron chi connectivity index (χ2n) is 3.03. The van der Waals surface area contributed by atoms with Crippen molar-refractivity contribution in [3.63, 3.8) is 0 Å². The Bertz CT molecular complexity index is 294. The van der Waals surface area contributed by atoms with Crippen LogP contribution in [0.5, 0.6) is 0 Å². The Morgan fingerprint density at radius 2 is 2.29 bits per heavy atom. The summed E-state index contributed by atoms with van der Waals surface area (Å²) in [6.45, 7) is 3.64. The number of rotatable bonds is 5. The summed E-state index contributed by atoms with van der Waals surface area (Å²) in [5.74, 6) is 0. The lowest BCUT2D eigenvalue weighted by molar-refractivity contribution is 0.163. The van der Waals surface area contributed by atoms with Crippen LogP contribution in [0.2, 0.25) is 0 Å². The van der Waals surface area contributed by atoms with Gasteiger partial charge < -0.3 is 4.74 Å². The maximum absolute atomic E-state index is 5.34. The van der Waals surface area contributed by atoms with E-state index in [2.05, 4.69) is 41.1 Å². The van der Waals surface area contributed by atoms with Gasteiger partial charge in [-0.2, -0.15) is 0 Å². The molecule has 0 bridgehead atoms. The molecule has 76 valence electrons. The van der Waals surface area contributed by atoms with Gasteiger partial charge in [-0.05, 0) is 24.1 Å². The van der Waals surface area contributed by atoms with Crippen LogP contribution in [-0.2, 0) is 4.74 Å². The Morgan fingerprint density at radius 1 is 1.43 bits per heavy atom. The van der Waals surface area contributed by atoms with Crippen LogP contribution >= 0.6 is 15.9 Å². The molecule has 0 saturated heterocycles. The van der Waals surface area contributed by atoms with Crippen LogP contribution in [0.25, 0.3) is 6.08 Å². The molecule has 1 aromatic carbocycles. The molecule has 0 aromatic heterocycles. The second-order valence-corrected chi connectivity index (χ2v) is 3.95. The van der Waals surface area contributed by atoms with Crippen molar-refractivity contribution in [3.05, 3.63) is 40.4 Å². The molecule has 0 fully saturated rings. The molecule has 0 radical (unpaired) electrons. The summed E-state index contributed by atoms with van der Waals surface area (Å²) >= 11 is 3.43. The lowest BCUT2D eigenvalue weighted by atomic mass is 10.2. The van der Waals surface area contributed by atoms with Gasteiger partial charge in [0.05, 0.1) is 6.61 Å². The molecule has 0 spiro atoms. The zero-order chi connectivity index (χ0) is 10.2. The van der Waals surface area contributed by atoms with Gasteiger partial charge in [-0.25, -0.2) is 0 Å². The van der Waals surface area contributed by atoms with Gasteiger partial charge in [0, 0.05) is 11.1 Å². The summed E-state index contributed by atoms with van der Waals surface area (Å²) in [5.41, 5.74) is 1.19. The van der Waals surface area contributed by atoms with Crippen LogP contribution in [0.4, 0.5) is 0 Å². The summed E-state index contributed by atoms with van der Waals surface area (Å²) in [6.07, 6.45) is 5.18. The van der Waals surface area contributed by atoms with E-state index in [-0.39, 0.29) is 0 Å². The third-order valence-corrected chi connectivity index (χ3v) is 2.21. The zero-order valence-electron chi connectivity index (χ0n) is 8.37. The Balaban J connectivity index is 2.36. The molecule has 1 aromatic rings. The van der Waals surface area contributed by atoms with Crippen molar-refractivity contribution in [1.82, 2.24) is 0 Å².